The van der Waals surface area contributed by atoms with Crippen molar-refractivity contribution in [2.24, 2.45) is 15.7 Å². The maximum atomic E-state index is 5.99. The van der Waals surface area contributed by atoms with Gasteiger partial charge in [-0.3, -0.25) is 0 Å². The van der Waals surface area contributed by atoms with Crippen LogP contribution in [0.15, 0.2) is 69.4 Å². The Morgan fingerprint density at radius 3 is 2.81 bits per heavy atom. The molecule has 1 aliphatic rings. The molecule has 154 valence electrons. The molecule has 8 nitrogen and oxygen atoms in total. The van der Waals surface area contributed by atoms with Gasteiger partial charge in [0.05, 0.1) is 17.5 Å². The molecule has 3 aromatic heterocycles. The lowest BCUT2D eigenvalue weighted by Gasteiger charge is -2.02. The number of rotatable bonds is 4. The van der Waals surface area contributed by atoms with E-state index in [1.165, 1.54) is 0 Å². The summed E-state index contributed by atoms with van der Waals surface area (Å²) < 4.78 is 5.99. The minimum atomic E-state index is 0.263. The van der Waals surface area contributed by atoms with E-state index in [0.717, 1.165) is 45.6 Å². The summed E-state index contributed by atoms with van der Waals surface area (Å²) in [7, 11) is 0. The van der Waals surface area contributed by atoms with Crippen molar-refractivity contribution in [1.82, 2.24) is 15.0 Å². The molecule has 8 heteroatoms. The average molecular weight is 411 g/mol. The Balaban J connectivity index is 1.53. The molecule has 31 heavy (non-hydrogen) atoms. The zero-order valence-electron chi connectivity index (χ0n) is 17.0. The Morgan fingerprint density at radius 2 is 1.97 bits per heavy atom. The molecule has 0 amide bonds. The normalized spacial score (nSPS) is 14.2. The number of nitrogens with one attached hydrogen (secondary N) is 1. The van der Waals surface area contributed by atoms with E-state index < -0.39 is 0 Å². The van der Waals surface area contributed by atoms with Crippen LogP contribution in [-0.2, 0) is 0 Å². The van der Waals surface area contributed by atoms with Gasteiger partial charge in [0.15, 0.2) is 5.76 Å². The first-order valence-electron chi connectivity index (χ1n) is 10.0. The number of H-pyrrole nitrogens is 1. The van der Waals surface area contributed by atoms with Crippen molar-refractivity contribution in [1.29, 1.82) is 0 Å². The summed E-state index contributed by atoms with van der Waals surface area (Å²) >= 11 is 0. The van der Waals surface area contributed by atoms with E-state index in [4.69, 9.17) is 15.9 Å². The van der Waals surface area contributed by atoms with Crippen molar-refractivity contribution in [3.8, 4) is 22.8 Å². The number of oxazole rings is 1. The number of fused-ring (bicyclic) bond motifs is 1. The van der Waals surface area contributed by atoms with E-state index in [0.29, 0.717) is 23.8 Å². The summed E-state index contributed by atoms with van der Waals surface area (Å²) in [4.78, 5) is 21.0. The lowest BCUT2D eigenvalue weighted by Crippen LogP contribution is -2.10. The summed E-state index contributed by atoms with van der Waals surface area (Å²) in [5, 5.41) is 0.906. The SMILES string of the molecule is CCC1=NC(N)=NC(c2c[nH]c3ncc(-c4ncc(-c5cccc(N)c5)o4)cc23)=CC1. The molecule has 0 aliphatic carbocycles. The second-order valence-electron chi connectivity index (χ2n) is 7.27. The number of benzene rings is 1. The largest absolute Gasteiger partial charge is 0.436 e. The first-order valence-corrected chi connectivity index (χ1v) is 10.0. The molecule has 5 rings (SSSR count). The van der Waals surface area contributed by atoms with Crippen molar-refractivity contribution in [3.63, 3.8) is 0 Å². The maximum Gasteiger partial charge on any atom is 0.228 e. The predicted molar refractivity (Wildman–Crippen MR) is 123 cm³/mol. The fourth-order valence-electron chi connectivity index (χ4n) is 3.57. The van der Waals surface area contributed by atoms with Crippen LogP contribution in [0.5, 0.6) is 0 Å². The van der Waals surface area contributed by atoms with Crippen molar-refractivity contribution >= 4 is 34.1 Å². The average Bonchev–Trinajstić information content (AvgIpc) is 3.38. The first kappa shape index (κ1) is 18.8. The number of nitrogen functional groups attached to an aromatic ring is 1. The summed E-state index contributed by atoms with van der Waals surface area (Å²) in [6.07, 6.45) is 8.89. The lowest BCUT2D eigenvalue weighted by molar-refractivity contribution is 0.588. The smallest absolute Gasteiger partial charge is 0.228 e. The van der Waals surface area contributed by atoms with Gasteiger partial charge in [0.1, 0.15) is 5.65 Å². The number of aromatic nitrogens is 3. The van der Waals surface area contributed by atoms with Crippen molar-refractivity contribution in [2.45, 2.75) is 19.8 Å². The molecule has 0 unspecified atom stereocenters. The van der Waals surface area contributed by atoms with E-state index in [2.05, 4.69) is 31.9 Å². The standard InChI is InChI=1S/C23H21N7O/c1-2-16-6-7-19(30-23(25)29-16)18-11-27-21-17(18)9-14(10-26-21)22-28-12-20(31-22)13-4-3-5-15(24)8-13/h3-5,7-12H,2,6,24H2,1H3,(H2,25,30)(H,26,27). The van der Waals surface area contributed by atoms with Gasteiger partial charge in [0.25, 0.3) is 0 Å². The van der Waals surface area contributed by atoms with Gasteiger partial charge < -0.3 is 20.9 Å². The van der Waals surface area contributed by atoms with Gasteiger partial charge in [-0.2, -0.15) is 0 Å². The van der Waals surface area contributed by atoms with E-state index in [1.807, 2.05) is 42.6 Å². The molecule has 1 aliphatic heterocycles. The second kappa shape index (κ2) is 7.56. The Hall–Kier alpha value is -4.20. The number of hydrogen-bond acceptors (Lipinski definition) is 7. The van der Waals surface area contributed by atoms with Gasteiger partial charge in [-0.15, -0.1) is 0 Å². The van der Waals surface area contributed by atoms with Gasteiger partial charge in [-0.25, -0.2) is 20.0 Å². The van der Waals surface area contributed by atoms with Crippen LogP contribution in [0.3, 0.4) is 0 Å². The molecule has 0 bridgehead atoms. The number of nitrogens with two attached hydrogens (primary N) is 2. The van der Waals surface area contributed by atoms with Crippen LogP contribution >= 0.6 is 0 Å². The number of anilines is 1. The first-order chi connectivity index (χ1) is 15.1. The minimum absolute atomic E-state index is 0.263. The predicted octanol–water partition coefficient (Wildman–Crippen LogP) is 4.38. The fraction of sp³-hybridized carbons (Fsp3) is 0.130. The number of hydrogen-bond donors (Lipinski definition) is 3. The van der Waals surface area contributed by atoms with Crippen LogP contribution in [0.25, 0.3) is 39.5 Å². The van der Waals surface area contributed by atoms with Crippen LogP contribution in [0.1, 0.15) is 25.3 Å². The highest BCUT2D eigenvalue weighted by atomic mass is 16.4. The highest BCUT2D eigenvalue weighted by molar-refractivity contribution is 6.03. The summed E-state index contributed by atoms with van der Waals surface area (Å²) in [6.45, 7) is 2.06. The zero-order valence-corrected chi connectivity index (χ0v) is 17.0. The number of guanidine groups is 1. The molecule has 0 radical (unpaired) electrons. The van der Waals surface area contributed by atoms with Crippen LogP contribution in [0, 0.1) is 0 Å². The third-order valence-electron chi connectivity index (χ3n) is 5.18. The fourth-order valence-corrected chi connectivity index (χ4v) is 3.57. The summed E-state index contributed by atoms with van der Waals surface area (Å²) in [5.74, 6) is 1.39. The number of nitrogens with zero attached hydrogens (tertiary/aromatic N) is 4. The molecule has 4 heterocycles. The van der Waals surface area contributed by atoms with E-state index in [1.54, 1.807) is 12.4 Å². The van der Waals surface area contributed by atoms with E-state index in [-0.39, 0.29) is 5.96 Å². The van der Waals surface area contributed by atoms with E-state index in [9.17, 15) is 0 Å². The van der Waals surface area contributed by atoms with Gasteiger partial charge in [0, 0.05) is 46.7 Å². The topological polar surface area (TPSA) is 131 Å². The van der Waals surface area contributed by atoms with Gasteiger partial charge >= 0.3 is 0 Å². The van der Waals surface area contributed by atoms with Crippen LogP contribution in [-0.4, -0.2) is 26.6 Å². The number of aromatic amines is 1. The van der Waals surface area contributed by atoms with Crippen molar-refractivity contribution in [2.75, 3.05) is 5.73 Å². The number of pyridine rings is 1. The Morgan fingerprint density at radius 1 is 1.06 bits per heavy atom. The molecule has 0 spiro atoms. The van der Waals surface area contributed by atoms with Gasteiger partial charge in [-0.1, -0.05) is 25.1 Å². The lowest BCUT2D eigenvalue weighted by atomic mass is 10.1. The molecular formula is C23H21N7O. The zero-order chi connectivity index (χ0) is 21.4. The Bertz CT molecular complexity index is 1370. The van der Waals surface area contributed by atoms with Crippen molar-refractivity contribution in [3.05, 3.63) is 60.6 Å². The van der Waals surface area contributed by atoms with Gasteiger partial charge in [-0.05, 0) is 24.6 Å². The van der Waals surface area contributed by atoms with Crippen LogP contribution < -0.4 is 11.5 Å². The molecule has 0 atom stereocenters. The monoisotopic (exact) mass is 411 g/mol. The number of aliphatic imine (C=N–C) groups is 2. The molecule has 5 N–H and O–H groups in total. The Labute approximate surface area is 178 Å². The molecular weight excluding hydrogens is 390 g/mol. The summed E-state index contributed by atoms with van der Waals surface area (Å²) in [5.41, 5.74) is 17.6. The van der Waals surface area contributed by atoms with E-state index >= 15 is 0 Å². The molecule has 0 saturated heterocycles. The quantitative estimate of drug-likeness (QED) is 0.429. The third-order valence-corrected chi connectivity index (χ3v) is 5.18. The van der Waals surface area contributed by atoms with Gasteiger partial charge in [0.2, 0.25) is 11.9 Å². The summed E-state index contributed by atoms with van der Waals surface area (Å²) in [6, 6.07) is 9.48. The molecule has 0 saturated carbocycles. The number of allylic oxidation sites excluding steroid dienone is 1. The highest BCUT2D eigenvalue weighted by Gasteiger charge is 2.15. The molecule has 1 aromatic carbocycles. The highest BCUT2D eigenvalue weighted by Crippen LogP contribution is 2.31. The van der Waals surface area contributed by atoms with Crippen LogP contribution in [0.2, 0.25) is 0 Å². The molecule has 4 aromatic rings. The molecule has 0 fully saturated rings. The van der Waals surface area contributed by atoms with Crippen LogP contribution in [0.4, 0.5) is 5.69 Å². The minimum Gasteiger partial charge on any atom is -0.436 e. The van der Waals surface area contributed by atoms with Crippen molar-refractivity contribution < 1.29 is 4.42 Å². The Kier molecular flexibility index (Phi) is 4.59. The third kappa shape index (κ3) is 3.59. The maximum absolute atomic E-state index is 5.99. The second-order valence-corrected chi connectivity index (χ2v) is 7.27.